The summed E-state index contributed by atoms with van der Waals surface area (Å²) in [7, 11) is 0. The van der Waals surface area contributed by atoms with Gasteiger partial charge in [-0.2, -0.15) is 0 Å². The van der Waals surface area contributed by atoms with Crippen molar-refractivity contribution in [3.05, 3.63) is 34.6 Å². The molecule has 0 aliphatic heterocycles. The first-order valence-corrected chi connectivity index (χ1v) is 6.26. The topological polar surface area (TPSA) is 55.1 Å². The molecule has 1 amide bonds. The standard InChI is InChI=1S/C12H11F5N2OS/c13-7-6(8(14)10(16)11(17)9(7)15)12(20)19-4-2-1-3-5(18)21/h1-4H2,(H2,18,21)(H,19,20). The number of carbonyl (C=O) groups excluding carboxylic acids is 1. The molecule has 0 aromatic heterocycles. The summed E-state index contributed by atoms with van der Waals surface area (Å²) in [6.45, 7) is -0.0130. The summed E-state index contributed by atoms with van der Waals surface area (Å²) < 4.78 is 65.3. The maximum Gasteiger partial charge on any atom is 0.257 e. The molecule has 1 aromatic carbocycles. The Morgan fingerprint density at radius 1 is 0.952 bits per heavy atom. The number of thiocarbonyl (C=S) groups is 1. The van der Waals surface area contributed by atoms with Crippen molar-refractivity contribution in [2.75, 3.05) is 6.54 Å². The first-order chi connectivity index (χ1) is 9.77. The second-order valence-electron chi connectivity index (χ2n) is 4.12. The molecule has 116 valence electrons. The number of amides is 1. The lowest BCUT2D eigenvalue weighted by Crippen LogP contribution is -2.28. The summed E-state index contributed by atoms with van der Waals surface area (Å²) in [5, 5.41) is 2.07. The van der Waals surface area contributed by atoms with Crippen molar-refractivity contribution in [3.63, 3.8) is 0 Å². The SMILES string of the molecule is NC(=S)CCCCNC(=O)c1c(F)c(F)c(F)c(F)c1F. The zero-order chi connectivity index (χ0) is 16.2. The van der Waals surface area contributed by atoms with Gasteiger partial charge in [0.15, 0.2) is 23.3 Å². The van der Waals surface area contributed by atoms with E-state index in [4.69, 9.17) is 5.73 Å². The molecule has 0 aliphatic rings. The van der Waals surface area contributed by atoms with Crippen LogP contribution in [0.15, 0.2) is 0 Å². The molecule has 0 bridgehead atoms. The van der Waals surface area contributed by atoms with Gasteiger partial charge >= 0.3 is 0 Å². The van der Waals surface area contributed by atoms with E-state index in [0.29, 0.717) is 19.3 Å². The molecule has 1 rings (SSSR count). The minimum Gasteiger partial charge on any atom is -0.393 e. The quantitative estimate of drug-likeness (QED) is 0.278. The second kappa shape index (κ2) is 7.30. The highest BCUT2D eigenvalue weighted by Crippen LogP contribution is 2.22. The predicted octanol–water partition coefficient (Wildman–Crippen LogP) is 2.57. The van der Waals surface area contributed by atoms with Crippen LogP contribution in [0.25, 0.3) is 0 Å². The van der Waals surface area contributed by atoms with Crippen molar-refractivity contribution in [3.8, 4) is 0 Å². The molecule has 0 atom stereocenters. The number of nitrogens with two attached hydrogens (primary N) is 1. The number of benzene rings is 1. The Morgan fingerprint density at radius 3 is 1.90 bits per heavy atom. The van der Waals surface area contributed by atoms with Crippen molar-refractivity contribution < 1.29 is 26.7 Å². The molecule has 0 unspecified atom stereocenters. The number of nitrogens with one attached hydrogen (secondary N) is 1. The van der Waals surface area contributed by atoms with E-state index in [0.717, 1.165) is 0 Å². The number of unbranched alkanes of at least 4 members (excludes halogenated alkanes) is 1. The largest absolute Gasteiger partial charge is 0.393 e. The zero-order valence-electron chi connectivity index (χ0n) is 10.6. The van der Waals surface area contributed by atoms with Crippen LogP contribution in [-0.4, -0.2) is 17.4 Å². The molecule has 0 saturated heterocycles. The molecular weight excluding hydrogens is 315 g/mol. The molecular formula is C12H11F5N2OS. The maximum atomic E-state index is 13.3. The Balaban J connectivity index is 2.77. The van der Waals surface area contributed by atoms with E-state index in [1.165, 1.54) is 0 Å². The molecule has 9 heteroatoms. The molecule has 3 N–H and O–H groups in total. The van der Waals surface area contributed by atoms with E-state index in [1.807, 2.05) is 0 Å². The summed E-state index contributed by atoms with van der Waals surface area (Å²) in [4.78, 5) is 11.8. The first-order valence-electron chi connectivity index (χ1n) is 5.85. The average Bonchev–Trinajstić information content (AvgIpc) is 2.42. The summed E-state index contributed by atoms with van der Waals surface area (Å²) in [5.41, 5.74) is 3.74. The van der Waals surface area contributed by atoms with Gasteiger partial charge in [0.2, 0.25) is 5.82 Å². The van der Waals surface area contributed by atoms with Crippen molar-refractivity contribution in [2.45, 2.75) is 19.3 Å². The van der Waals surface area contributed by atoms with Crippen LogP contribution in [-0.2, 0) is 0 Å². The smallest absolute Gasteiger partial charge is 0.257 e. The third-order valence-corrected chi connectivity index (χ3v) is 2.78. The lowest BCUT2D eigenvalue weighted by molar-refractivity contribution is 0.0941. The number of rotatable bonds is 6. The van der Waals surface area contributed by atoms with Gasteiger partial charge in [-0.25, -0.2) is 22.0 Å². The first kappa shape index (κ1) is 17.3. The minimum absolute atomic E-state index is 0.0130. The van der Waals surface area contributed by atoms with Crippen molar-refractivity contribution in [1.29, 1.82) is 0 Å². The Bertz CT molecular complexity index is 550. The van der Waals surface area contributed by atoms with E-state index in [2.05, 4.69) is 17.5 Å². The van der Waals surface area contributed by atoms with Gasteiger partial charge in [-0.1, -0.05) is 12.2 Å². The van der Waals surface area contributed by atoms with Gasteiger partial charge in [-0.15, -0.1) is 0 Å². The van der Waals surface area contributed by atoms with Gasteiger partial charge in [0.25, 0.3) is 5.91 Å². The molecule has 0 heterocycles. The number of hydrogen-bond donors (Lipinski definition) is 2. The summed E-state index contributed by atoms with van der Waals surface area (Å²) >= 11 is 4.62. The normalized spacial score (nSPS) is 10.5. The van der Waals surface area contributed by atoms with E-state index in [-0.39, 0.29) is 11.5 Å². The van der Waals surface area contributed by atoms with Crippen LogP contribution in [0.5, 0.6) is 0 Å². The van der Waals surface area contributed by atoms with Gasteiger partial charge in [0.1, 0.15) is 5.56 Å². The van der Waals surface area contributed by atoms with Crippen molar-refractivity contribution in [2.24, 2.45) is 5.73 Å². The fraction of sp³-hybridized carbons (Fsp3) is 0.333. The average molecular weight is 326 g/mol. The molecule has 0 fully saturated rings. The van der Waals surface area contributed by atoms with Gasteiger partial charge < -0.3 is 11.1 Å². The Hall–Kier alpha value is -1.77. The lowest BCUT2D eigenvalue weighted by atomic mass is 10.1. The molecule has 1 aromatic rings. The molecule has 3 nitrogen and oxygen atoms in total. The molecule has 0 aliphatic carbocycles. The number of hydrogen-bond acceptors (Lipinski definition) is 2. The van der Waals surface area contributed by atoms with Crippen molar-refractivity contribution in [1.82, 2.24) is 5.32 Å². The third-order valence-electron chi connectivity index (χ3n) is 2.57. The van der Waals surface area contributed by atoms with E-state index < -0.39 is 40.6 Å². The lowest BCUT2D eigenvalue weighted by Gasteiger charge is -2.09. The monoisotopic (exact) mass is 326 g/mol. The van der Waals surface area contributed by atoms with E-state index >= 15 is 0 Å². The highest BCUT2D eigenvalue weighted by molar-refractivity contribution is 7.80. The van der Waals surface area contributed by atoms with Gasteiger partial charge in [-0.05, 0) is 19.3 Å². The fourth-order valence-electron chi connectivity index (χ4n) is 1.52. The summed E-state index contributed by atoms with van der Waals surface area (Å²) in [6, 6.07) is 0. The van der Waals surface area contributed by atoms with Gasteiger partial charge in [0, 0.05) is 6.54 Å². The predicted molar refractivity (Wildman–Crippen MR) is 69.2 cm³/mol. The molecule has 21 heavy (non-hydrogen) atoms. The van der Waals surface area contributed by atoms with E-state index in [9.17, 15) is 26.7 Å². The molecule has 0 spiro atoms. The Labute approximate surface area is 122 Å². The number of carbonyl (C=O) groups is 1. The van der Waals surface area contributed by atoms with Crippen LogP contribution < -0.4 is 11.1 Å². The molecule has 0 saturated carbocycles. The van der Waals surface area contributed by atoms with E-state index in [1.54, 1.807) is 0 Å². The highest BCUT2D eigenvalue weighted by Gasteiger charge is 2.29. The minimum atomic E-state index is -2.31. The van der Waals surface area contributed by atoms with Crippen LogP contribution >= 0.6 is 12.2 Å². The molecule has 0 radical (unpaired) electrons. The van der Waals surface area contributed by atoms with Crippen LogP contribution in [0.1, 0.15) is 29.6 Å². The van der Waals surface area contributed by atoms with Crippen LogP contribution in [0.3, 0.4) is 0 Å². The maximum absolute atomic E-state index is 13.3. The van der Waals surface area contributed by atoms with Gasteiger partial charge in [0.05, 0.1) is 4.99 Å². The fourth-order valence-corrected chi connectivity index (χ4v) is 1.66. The highest BCUT2D eigenvalue weighted by atomic mass is 32.1. The third kappa shape index (κ3) is 4.10. The Kier molecular flexibility index (Phi) is 6.01. The van der Waals surface area contributed by atoms with Gasteiger partial charge in [-0.3, -0.25) is 4.79 Å². The summed E-state index contributed by atoms with van der Waals surface area (Å²) in [5.74, 6) is -12.3. The second-order valence-corrected chi connectivity index (χ2v) is 4.65. The van der Waals surface area contributed by atoms with Crippen molar-refractivity contribution >= 4 is 23.1 Å². The number of halogens is 5. The van der Waals surface area contributed by atoms with Crippen LogP contribution in [0.2, 0.25) is 0 Å². The van der Waals surface area contributed by atoms with Crippen LogP contribution in [0, 0.1) is 29.1 Å². The summed E-state index contributed by atoms with van der Waals surface area (Å²) in [6.07, 6.45) is 1.33. The Morgan fingerprint density at radius 2 is 1.43 bits per heavy atom. The van der Waals surface area contributed by atoms with Crippen LogP contribution in [0.4, 0.5) is 22.0 Å². The zero-order valence-corrected chi connectivity index (χ0v) is 11.4.